The molecule has 3 N–H and O–H groups in total. The fourth-order valence-electron chi connectivity index (χ4n) is 2.40. The lowest BCUT2D eigenvalue weighted by Gasteiger charge is -2.20. The van der Waals surface area contributed by atoms with Gasteiger partial charge >= 0.3 is 0 Å². The average Bonchev–Trinajstić information content (AvgIpc) is 2.53. The lowest BCUT2D eigenvalue weighted by Crippen LogP contribution is -2.22. The molecule has 3 nitrogen and oxygen atoms in total. The van der Waals surface area contributed by atoms with E-state index in [0.29, 0.717) is 0 Å². The third kappa shape index (κ3) is 4.23. The average molecular weight is 283 g/mol. The lowest BCUT2D eigenvalue weighted by atomic mass is 10.1. The molecule has 3 heteroatoms. The van der Waals surface area contributed by atoms with Crippen molar-refractivity contribution in [2.45, 2.75) is 26.9 Å². The highest BCUT2D eigenvalue weighted by Crippen LogP contribution is 2.19. The minimum Gasteiger partial charge on any atom is -0.398 e. The minimum absolute atomic E-state index is 0.752. The second kappa shape index (κ2) is 7.70. The topological polar surface area (TPSA) is 41.3 Å². The molecule has 0 fully saturated rings. The SMILES string of the molecule is CCN(CC)Cc1ccccc1NCc1ccccc1N. The molecule has 0 unspecified atom stereocenters. The molecule has 0 aliphatic rings. The van der Waals surface area contributed by atoms with Crippen molar-refractivity contribution < 1.29 is 0 Å². The smallest absolute Gasteiger partial charge is 0.0421 e. The highest BCUT2D eigenvalue weighted by Gasteiger charge is 2.06. The zero-order chi connectivity index (χ0) is 15.1. The van der Waals surface area contributed by atoms with Crippen molar-refractivity contribution in [2.75, 3.05) is 24.1 Å². The van der Waals surface area contributed by atoms with Crippen LogP contribution in [-0.2, 0) is 13.1 Å². The Morgan fingerprint density at radius 2 is 1.52 bits per heavy atom. The van der Waals surface area contributed by atoms with Gasteiger partial charge < -0.3 is 11.1 Å². The number of hydrogen-bond acceptors (Lipinski definition) is 3. The molecule has 112 valence electrons. The van der Waals surface area contributed by atoms with Crippen LogP contribution in [0.1, 0.15) is 25.0 Å². The van der Waals surface area contributed by atoms with E-state index in [2.05, 4.69) is 54.4 Å². The van der Waals surface area contributed by atoms with E-state index in [-0.39, 0.29) is 0 Å². The third-order valence-electron chi connectivity index (χ3n) is 3.83. The number of nitrogens with two attached hydrogens (primary N) is 1. The summed E-state index contributed by atoms with van der Waals surface area (Å²) in [4.78, 5) is 2.41. The first kappa shape index (κ1) is 15.4. The Morgan fingerprint density at radius 1 is 0.905 bits per heavy atom. The summed E-state index contributed by atoms with van der Waals surface area (Å²) >= 11 is 0. The summed E-state index contributed by atoms with van der Waals surface area (Å²) in [5.41, 5.74) is 10.5. The van der Waals surface area contributed by atoms with E-state index in [1.807, 2.05) is 18.2 Å². The van der Waals surface area contributed by atoms with Crippen LogP contribution in [-0.4, -0.2) is 18.0 Å². The van der Waals surface area contributed by atoms with Gasteiger partial charge in [0.25, 0.3) is 0 Å². The van der Waals surface area contributed by atoms with E-state index >= 15 is 0 Å². The van der Waals surface area contributed by atoms with Gasteiger partial charge in [0.05, 0.1) is 0 Å². The maximum Gasteiger partial charge on any atom is 0.0421 e. The first-order chi connectivity index (χ1) is 10.2. The van der Waals surface area contributed by atoms with Crippen molar-refractivity contribution in [2.24, 2.45) is 0 Å². The number of para-hydroxylation sites is 2. The van der Waals surface area contributed by atoms with Gasteiger partial charge in [-0.05, 0) is 36.3 Å². The van der Waals surface area contributed by atoms with Crippen molar-refractivity contribution in [3.05, 3.63) is 59.7 Å². The minimum atomic E-state index is 0.752. The monoisotopic (exact) mass is 283 g/mol. The van der Waals surface area contributed by atoms with Crippen molar-refractivity contribution in [3.8, 4) is 0 Å². The Kier molecular flexibility index (Phi) is 5.64. The van der Waals surface area contributed by atoms with Crippen LogP contribution >= 0.6 is 0 Å². The molecule has 2 rings (SSSR count). The van der Waals surface area contributed by atoms with Crippen LogP contribution < -0.4 is 11.1 Å². The largest absolute Gasteiger partial charge is 0.398 e. The molecule has 0 aromatic heterocycles. The summed E-state index contributed by atoms with van der Waals surface area (Å²) in [5, 5.41) is 3.52. The van der Waals surface area contributed by atoms with Gasteiger partial charge in [-0.25, -0.2) is 0 Å². The molecular formula is C18H25N3. The van der Waals surface area contributed by atoms with E-state index in [4.69, 9.17) is 5.73 Å². The number of nitrogens with zero attached hydrogens (tertiary/aromatic N) is 1. The molecule has 0 bridgehead atoms. The van der Waals surface area contributed by atoms with Crippen LogP contribution in [0, 0.1) is 0 Å². The molecule has 2 aromatic carbocycles. The van der Waals surface area contributed by atoms with Crippen LogP contribution in [0.5, 0.6) is 0 Å². The number of nitrogens with one attached hydrogen (secondary N) is 1. The van der Waals surface area contributed by atoms with E-state index < -0.39 is 0 Å². The molecule has 21 heavy (non-hydrogen) atoms. The van der Waals surface area contributed by atoms with E-state index in [0.717, 1.165) is 37.4 Å². The van der Waals surface area contributed by atoms with Crippen molar-refractivity contribution in [1.82, 2.24) is 4.90 Å². The lowest BCUT2D eigenvalue weighted by molar-refractivity contribution is 0.296. The Morgan fingerprint density at radius 3 is 2.19 bits per heavy atom. The van der Waals surface area contributed by atoms with Crippen LogP contribution in [0.2, 0.25) is 0 Å². The molecule has 0 heterocycles. The molecule has 0 spiro atoms. The first-order valence-corrected chi connectivity index (χ1v) is 7.62. The first-order valence-electron chi connectivity index (χ1n) is 7.62. The molecule has 0 atom stereocenters. The summed E-state index contributed by atoms with van der Waals surface area (Å²) in [6, 6.07) is 16.5. The molecule has 0 radical (unpaired) electrons. The summed E-state index contributed by atoms with van der Waals surface area (Å²) in [6.07, 6.45) is 0. The maximum absolute atomic E-state index is 6.00. The predicted molar refractivity (Wildman–Crippen MR) is 91.2 cm³/mol. The number of benzene rings is 2. The second-order valence-corrected chi connectivity index (χ2v) is 5.17. The van der Waals surface area contributed by atoms with Crippen molar-refractivity contribution >= 4 is 11.4 Å². The number of hydrogen-bond donors (Lipinski definition) is 2. The number of rotatable bonds is 7. The molecule has 0 aliphatic carbocycles. The molecule has 0 saturated heterocycles. The summed E-state index contributed by atoms with van der Waals surface area (Å²) in [7, 11) is 0. The zero-order valence-electron chi connectivity index (χ0n) is 13.0. The van der Waals surface area contributed by atoms with Gasteiger partial charge in [-0.15, -0.1) is 0 Å². The van der Waals surface area contributed by atoms with Crippen LogP contribution in [0.3, 0.4) is 0 Å². The van der Waals surface area contributed by atoms with E-state index in [9.17, 15) is 0 Å². The molecular weight excluding hydrogens is 258 g/mol. The third-order valence-corrected chi connectivity index (χ3v) is 3.83. The van der Waals surface area contributed by atoms with Gasteiger partial charge in [0, 0.05) is 24.5 Å². The van der Waals surface area contributed by atoms with Crippen LogP contribution in [0.4, 0.5) is 11.4 Å². The Balaban J connectivity index is 2.08. The highest BCUT2D eigenvalue weighted by molar-refractivity contribution is 5.54. The van der Waals surface area contributed by atoms with Gasteiger partial charge in [-0.2, -0.15) is 0 Å². The second-order valence-electron chi connectivity index (χ2n) is 5.17. The van der Waals surface area contributed by atoms with Gasteiger partial charge in [0.1, 0.15) is 0 Å². The van der Waals surface area contributed by atoms with Crippen molar-refractivity contribution in [3.63, 3.8) is 0 Å². The van der Waals surface area contributed by atoms with Gasteiger partial charge in [0.2, 0.25) is 0 Å². The summed E-state index contributed by atoms with van der Waals surface area (Å²) in [5.74, 6) is 0. The van der Waals surface area contributed by atoms with Gasteiger partial charge in [-0.1, -0.05) is 50.2 Å². The van der Waals surface area contributed by atoms with Crippen LogP contribution in [0.15, 0.2) is 48.5 Å². The molecule has 0 saturated carbocycles. The molecule has 0 amide bonds. The van der Waals surface area contributed by atoms with E-state index in [1.165, 1.54) is 11.3 Å². The fourth-order valence-corrected chi connectivity index (χ4v) is 2.40. The Hall–Kier alpha value is -2.00. The summed E-state index contributed by atoms with van der Waals surface area (Å²) < 4.78 is 0. The Labute approximate surface area is 127 Å². The number of nitrogen functional groups attached to an aromatic ring is 1. The number of anilines is 2. The predicted octanol–water partition coefficient (Wildman–Crippen LogP) is 3.72. The molecule has 0 aliphatic heterocycles. The Bertz CT molecular complexity index is 562. The van der Waals surface area contributed by atoms with Gasteiger partial charge in [0.15, 0.2) is 0 Å². The normalized spacial score (nSPS) is 10.8. The molecule has 2 aromatic rings. The highest BCUT2D eigenvalue weighted by atomic mass is 15.1. The summed E-state index contributed by atoms with van der Waals surface area (Å²) in [6.45, 7) is 8.25. The standard InChI is InChI=1S/C18H25N3/c1-3-21(4-2)14-16-10-6-8-12-18(16)20-13-15-9-5-7-11-17(15)19/h5-12,20H,3-4,13-14,19H2,1-2H3. The van der Waals surface area contributed by atoms with Crippen LogP contribution in [0.25, 0.3) is 0 Å². The maximum atomic E-state index is 6.00. The fraction of sp³-hybridized carbons (Fsp3) is 0.333. The quantitative estimate of drug-likeness (QED) is 0.761. The van der Waals surface area contributed by atoms with Gasteiger partial charge in [-0.3, -0.25) is 4.90 Å². The van der Waals surface area contributed by atoms with E-state index in [1.54, 1.807) is 0 Å². The van der Waals surface area contributed by atoms with Crippen molar-refractivity contribution in [1.29, 1.82) is 0 Å². The zero-order valence-corrected chi connectivity index (χ0v) is 13.0.